The first-order valence-electron chi connectivity index (χ1n) is 7.09. The third-order valence-corrected chi connectivity index (χ3v) is 3.71. The van der Waals surface area contributed by atoms with Gasteiger partial charge in [0, 0.05) is 11.1 Å². The number of rotatable bonds is 5. The summed E-state index contributed by atoms with van der Waals surface area (Å²) in [6, 6.07) is 9.21. The van der Waals surface area contributed by atoms with Crippen LogP contribution in [-0.2, 0) is 6.61 Å². The molecule has 0 saturated heterocycles. The highest BCUT2D eigenvalue weighted by Crippen LogP contribution is 2.26. The molecule has 0 heterocycles. The quantitative estimate of drug-likeness (QED) is 0.921. The maximum Gasteiger partial charge on any atom is 0.248 e. The number of hydrogen-bond donors (Lipinski definition) is 1. The number of aryl methyl sites for hydroxylation is 2. The summed E-state index contributed by atoms with van der Waals surface area (Å²) in [5.74, 6) is 1.04. The first-order valence-corrected chi connectivity index (χ1v) is 7.09. The lowest BCUT2D eigenvalue weighted by molar-refractivity contribution is 0.1000. The molecule has 0 radical (unpaired) electrons. The molecular weight excluding hydrogens is 278 g/mol. The van der Waals surface area contributed by atoms with Crippen molar-refractivity contribution in [3.05, 3.63) is 58.1 Å². The molecule has 0 saturated carbocycles. The van der Waals surface area contributed by atoms with Gasteiger partial charge in [0.2, 0.25) is 5.91 Å². The smallest absolute Gasteiger partial charge is 0.248 e. The lowest BCUT2D eigenvalue weighted by atomic mass is 10.1. The van der Waals surface area contributed by atoms with Gasteiger partial charge in [-0.2, -0.15) is 0 Å². The molecule has 1 amide bonds. The fourth-order valence-electron chi connectivity index (χ4n) is 2.35. The Morgan fingerprint density at radius 2 is 1.82 bits per heavy atom. The third kappa shape index (κ3) is 3.39. The van der Waals surface area contributed by atoms with Crippen molar-refractivity contribution in [3.63, 3.8) is 0 Å². The predicted molar refractivity (Wildman–Crippen MR) is 86.5 cm³/mol. The number of methoxy groups -OCH3 is 1. The minimum Gasteiger partial charge on any atom is -0.496 e. The van der Waals surface area contributed by atoms with E-state index >= 15 is 0 Å². The van der Waals surface area contributed by atoms with Crippen LogP contribution in [0.1, 0.15) is 32.6 Å². The summed E-state index contributed by atoms with van der Waals surface area (Å²) in [5.41, 5.74) is 10.00. The summed E-state index contributed by atoms with van der Waals surface area (Å²) in [6.07, 6.45) is 0. The summed E-state index contributed by atoms with van der Waals surface area (Å²) in [4.78, 5) is 11.3. The van der Waals surface area contributed by atoms with Gasteiger partial charge in [0.1, 0.15) is 18.1 Å². The molecule has 0 atom stereocenters. The second kappa shape index (κ2) is 6.52. The highest BCUT2D eigenvalue weighted by Gasteiger charge is 2.10. The van der Waals surface area contributed by atoms with Gasteiger partial charge in [-0.25, -0.2) is 0 Å². The van der Waals surface area contributed by atoms with Gasteiger partial charge >= 0.3 is 0 Å². The van der Waals surface area contributed by atoms with Crippen molar-refractivity contribution in [2.24, 2.45) is 5.73 Å². The second-order valence-corrected chi connectivity index (χ2v) is 5.38. The highest BCUT2D eigenvalue weighted by molar-refractivity contribution is 5.93. The number of primary amides is 1. The Morgan fingerprint density at radius 3 is 2.45 bits per heavy atom. The van der Waals surface area contributed by atoms with Crippen LogP contribution in [0.25, 0.3) is 0 Å². The van der Waals surface area contributed by atoms with Crippen LogP contribution >= 0.6 is 0 Å². The number of amides is 1. The Balaban J connectivity index is 2.28. The SMILES string of the molecule is COc1ccc(C(N)=O)cc1COc1cc(C)cc(C)c1C. The summed E-state index contributed by atoms with van der Waals surface area (Å²) in [5, 5.41) is 0. The van der Waals surface area contributed by atoms with E-state index in [1.807, 2.05) is 19.9 Å². The average Bonchev–Trinajstić information content (AvgIpc) is 2.48. The van der Waals surface area contributed by atoms with E-state index in [9.17, 15) is 4.79 Å². The molecule has 2 N–H and O–H groups in total. The Bertz CT molecular complexity index is 708. The molecule has 116 valence electrons. The zero-order valence-corrected chi connectivity index (χ0v) is 13.4. The van der Waals surface area contributed by atoms with Gasteiger partial charge in [-0.3, -0.25) is 4.79 Å². The normalized spacial score (nSPS) is 10.4. The summed E-state index contributed by atoms with van der Waals surface area (Å²) in [7, 11) is 1.59. The summed E-state index contributed by atoms with van der Waals surface area (Å²) >= 11 is 0. The number of benzene rings is 2. The standard InChI is InChI=1S/C18H21NO3/c1-11-7-12(2)13(3)17(8-11)22-10-15-9-14(18(19)20)5-6-16(15)21-4/h5-9H,10H2,1-4H3,(H2,19,20). The van der Waals surface area contributed by atoms with Crippen LogP contribution in [-0.4, -0.2) is 13.0 Å². The highest BCUT2D eigenvalue weighted by atomic mass is 16.5. The second-order valence-electron chi connectivity index (χ2n) is 5.38. The largest absolute Gasteiger partial charge is 0.496 e. The molecule has 0 aliphatic rings. The van der Waals surface area contributed by atoms with Crippen molar-refractivity contribution in [2.75, 3.05) is 7.11 Å². The number of ether oxygens (including phenoxy) is 2. The van der Waals surface area contributed by atoms with Crippen LogP contribution < -0.4 is 15.2 Å². The third-order valence-electron chi connectivity index (χ3n) is 3.71. The number of carbonyl (C=O) groups is 1. The van der Waals surface area contributed by atoms with Crippen molar-refractivity contribution in [2.45, 2.75) is 27.4 Å². The first kappa shape index (κ1) is 15.9. The van der Waals surface area contributed by atoms with E-state index in [0.29, 0.717) is 17.9 Å². The van der Waals surface area contributed by atoms with E-state index < -0.39 is 5.91 Å². The van der Waals surface area contributed by atoms with Crippen molar-refractivity contribution < 1.29 is 14.3 Å². The number of hydrogen-bond acceptors (Lipinski definition) is 3. The zero-order chi connectivity index (χ0) is 16.3. The molecule has 22 heavy (non-hydrogen) atoms. The minimum absolute atomic E-state index is 0.314. The monoisotopic (exact) mass is 299 g/mol. The molecule has 0 aliphatic heterocycles. The predicted octanol–water partition coefficient (Wildman–Crippen LogP) is 3.30. The van der Waals surface area contributed by atoms with Crippen LogP contribution in [0.15, 0.2) is 30.3 Å². The van der Waals surface area contributed by atoms with E-state index in [-0.39, 0.29) is 0 Å². The molecule has 2 aromatic rings. The molecule has 2 aromatic carbocycles. The van der Waals surface area contributed by atoms with Gasteiger partial charge in [0.15, 0.2) is 0 Å². The Hall–Kier alpha value is -2.49. The number of carbonyl (C=O) groups excluding carboxylic acids is 1. The average molecular weight is 299 g/mol. The Kier molecular flexibility index (Phi) is 4.71. The van der Waals surface area contributed by atoms with Gasteiger partial charge in [0.05, 0.1) is 7.11 Å². The fraction of sp³-hybridized carbons (Fsp3) is 0.278. The molecule has 0 aliphatic carbocycles. The Labute approximate surface area is 130 Å². The number of nitrogens with two attached hydrogens (primary N) is 1. The maximum absolute atomic E-state index is 11.3. The van der Waals surface area contributed by atoms with Crippen LogP contribution in [0.3, 0.4) is 0 Å². The fourth-order valence-corrected chi connectivity index (χ4v) is 2.35. The van der Waals surface area contributed by atoms with Crippen molar-refractivity contribution >= 4 is 5.91 Å². The van der Waals surface area contributed by atoms with E-state index in [1.54, 1.807) is 25.3 Å². The molecule has 4 nitrogen and oxygen atoms in total. The van der Waals surface area contributed by atoms with Crippen LogP contribution in [0, 0.1) is 20.8 Å². The van der Waals surface area contributed by atoms with Crippen LogP contribution in [0.2, 0.25) is 0 Å². The van der Waals surface area contributed by atoms with Crippen molar-refractivity contribution in [1.82, 2.24) is 0 Å². The molecule has 2 rings (SSSR count). The topological polar surface area (TPSA) is 61.5 Å². The zero-order valence-electron chi connectivity index (χ0n) is 13.4. The summed E-state index contributed by atoms with van der Waals surface area (Å²) < 4.78 is 11.2. The van der Waals surface area contributed by atoms with Gasteiger partial charge in [0.25, 0.3) is 0 Å². The molecule has 4 heteroatoms. The van der Waals surface area contributed by atoms with Crippen LogP contribution in [0.4, 0.5) is 0 Å². The molecule has 0 spiro atoms. The lowest BCUT2D eigenvalue weighted by Crippen LogP contribution is -2.12. The first-order chi connectivity index (χ1) is 10.4. The van der Waals surface area contributed by atoms with Crippen molar-refractivity contribution in [3.8, 4) is 11.5 Å². The molecule has 0 bridgehead atoms. The van der Waals surface area contributed by atoms with E-state index in [1.165, 1.54) is 5.56 Å². The van der Waals surface area contributed by atoms with Gasteiger partial charge in [-0.1, -0.05) is 6.07 Å². The molecule has 0 aromatic heterocycles. The maximum atomic E-state index is 11.3. The van der Waals surface area contributed by atoms with Crippen LogP contribution in [0.5, 0.6) is 11.5 Å². The van der Waals surface area contributed by atoms with E-state index in [2.05, 4.69) is 13.0 Å². The lowest BCUT2D eigenvalue weighted by Gasteiger charge is -2.14. The minimum atomic E-state index is -0.466. The van der Waals surface area contributed by atoms with E-state index in [4.69, 9.17) is 15.2 Å². The van der Waals surface area contributed by atoms with Gasteiger partial charge < -0.3 is 15.2 Å². The molecule has 0 unspecified atom stereocenters. The molecule has 0 fully saturated rings. The van der Waals surface area contributed by atoms with Crippen molar-refractivity contribution in [1.29, 1.82) is 0 Å². The van der Waals surface area contributed by atoms with Gasteiger partial charge in [-0.05, 0) is 61.7 Å². The van der Waals surface area contributed by atoms with Gasteiger partial charge in [-0.15, -0.1) is 0 Å². The molecular formula is C18H21NO3. The van der Waals surface area contributed by atoms with E-state index in [0.717, 1.165) is 22.4 Å². The summed E-state index contributed by atoms with van der Waals surface area (Å²) in [6.45, 7) is 6.44. The Morgan fingerprint density at radius 1 is 1.09 bits per heavy atom.